The molecule has 2 aromatic carbocycles. The number of aryl methyl sites for hydroxylation is 1. The summed E-state index contributed by atoms with van der Waals surface area (Å²) < 4.78 is 23.2. The molecule has 0 bridgehead atoms. The maximum Gasteiger partial charge on any atom is 0.116 e. The van der Waals surface area contributed by atoms with E-state index in [0.717, 1.165) is 11.1 Å². The first-order valence-electron chi connectivity index (χ1n) is 7.80. The Bertz CT molecular complexity index is 829. The summed E-state index contributed by atoms with van der Waals surface area (Å²) in [5.74, 6) is 0.144. The second kappa shape index (κ2) is 5.17. The number of benzene rings is 2. The molecule has 1 aromatic heterocycles. The van der Waals surface area contributed by atoms with Crippen molar-refractivity contribution < 1.29 is 9.22 Å². The van der Waals surface area contributed by atoms with Gasteiger partial charge in [-0.1, -0.05) is 42.5 Å². The molecule has 0 aliphatic heterocycles. The van der Waals surface area contributed by atoms with Crippen LogP contribution in [0.1, 0.15) is 9.68 Å². The molecular weight excluding hydrogens is 246 g/mol. The van der Waals surface area contributed by atoms with E-state index < -0.39 is 6.85 Å². The number of hydrogen-bond acceptors (Lipinski definition) is 2. The van der Waals surface area contributed by atoms with Gasteiger partial charge < -0.3 is 5.11 Å². The zero-order valence-corrected chi connectivity index (χ0v) is 10.7. The van der Waals surface area contributed by atoms with Gasteiger partial charge in [-0.3, -0.25) is 4.98 Å². The zero-order chi connectivity index (χ0) is 16.4. The molecule has 0 fully saturated rings. The summed E-state index contributed by atoms with van der Waals surface area (Å²) in [5, 5.41) is 9.63. The number of aromatic hydroxyl groups is 1. The number of phenolic OH excluding ortho intramolecular Hbond substituents is 1. The third-order valence-corrected chi connectivity index (χ3v) is 3.13. The van der Waals surface area contributed by atoms with Gasteiger partial charge in [0.05, 0.1) is 5.69 Å². The highest BCUT2D eigenvalue weighted by atomic mass is 16.3. The molecule has 0 saturated carbocycles. The van der Waals surface area contributed by atoms with Gasteiger partial charge >= 0.3 is 0 Å². The van der Waals surface area contributed by atoms with Gasteiger partial charge in [-0.2, -0.15) is 0 Å². The van der Waals surface area contributed by atoms with Gasteiger partial charge in [0.15, 0.2) is 0 Å². The average Bonchev–Trinajstić information content (AvgIpc) is 2.54. The topological polar surface area (TPSA) is 33.1 Å². The van der Waals surface area contributed by atoms with E-state index in [0.29, 0.717) is 11.3 Å². The van der Waals surface area contributed by atoms with Gasteiger partial charge in [-0.05, 0) is 41.7 Å². The summed E-state index contributed by atoms with van der Waals surface area (Å²) >= 11 is 0. The van der Waals surface area contributed by atoms with Crippen molar-refractivity contribution in [2.75, 3.05) is 0 Å². The molecule has 0 unspecified atom stereocenters. The molecule has 98 valence electrons. The Labute approximate surface area is 122 Å². The minimum atomic E-state index is -2.24. The van der Waals surface area contributed by atoms with Crippen LogP contribution in [0.15, 0.2) is 66.9 Å². The molecule has 0 atom stereocenters. The Hall–Kier alpha value is -2.61. The molecule has 3 aromatic rings. The van der Waals surface area contributed by atoms with Crippen molar-refractivity contribution in [1.82, 2.24) is 4.98 Å². The van der Waals surface area contributed by atoms with Crippen molar-refractivity contribution in [3.63, 3.8) is 0 Å². The quantitative estimate of drug-likeness (QED) is 0.742. The van der Waals surface area contributed by atoms with Gasteiger partial charge in [0.25, 0.3) is 0 Å². The summed E-state index contributed by atoms with van der Waals surface area (Å²) in [6, 6.07) is 17.9. The van der Waals surface area contributed by atoms with Crippen LogP contribution in [-0.2, 0) is 0 Å². The van der Waals surface area contributed by atoms with E-state index >= 15 is 0 Å². The third kappa shape index (κ3) is 2.41. The number of pyridine rings is 1. The summed E-state index contributed by atoms with van der Waals surface area (Å²) in [5.41, 5.74) is 3.01. The van der Waals surface area contributed by atoms with E-state index in [-0.39, 0.29) is 11.3 Å². The Kier molecular flexibility index (Phi) is 2.41. The monoisotopic (exact) mass is 264 g/mol. The van der Waals surface area contributed by atoms with Crippen LogP contribution in [0, 0.1) is 6.85 Å². The molecule has 0 radical (unpaired) electrons. The standard InChI is InChI=1S/C18H15NO/c1-13-12-19-18(15-8-5-9-16(20)10-15)11-17(13)14-6-3-2-4-7-14/h2-12,20H,1H3/i1D3. The lowest BCUT2D eigenvalue weighted by Crippen LogP contribution is -1.89. The molecule has 1 heterocycles. The fraction of sp³-hybridized carbons (Fsp3) is 0.0556. The van der Waals surface area contributed by atoms with Crippen LogP contribution < -0.4 is 0 Å². The highest BCUT2D eigenvalue weighted by Gasteiger charge is 2.06. The molecule has 1 N–H and O–H groups in total. The van der Waals surface area contributed by atoms with Crippen molar-refractivity contribution in [3.05, 3.63) is 72.4 Å². The van der Waals surface area contributed by atoms with Crippen molar-refractivity contribution >= 4 is 0 Å². The van der Waals surface area contributed by atoms with E-state index in [1.54, 1.807) is 24.3 Å². The van der Waals surface area contributed by atoms with Crippen LogP contribution in [-0.4, -0.2) is 10.1 Å². The minimum absolute atomic E-state index is 0.144. The van der Waals surface area contributed by atoms with Crippen LogP contribution in [0.3, 0.4) is 0 Å². The van der Waals surface area contributed by atoms with Crippen LogP contribution in [0.25, 0.3) is 22.4 Å². The molecule has 0 saturated heterocycles. The van der Waals surface area contributed by atoms with Crippen LogP contribution in [0.2, 0.25) is 0 Å². The highest BCUT2D eigenvalue weighted by molar-refractivity contribution is 5.73. The second-order valence-corrected chi connectivity index (χ2v) is 4.53. The molecule has 20 heavy (non-hydrogen) atoms. The summed E-state index contributed by atoms with van der Waals surface area (Å²) in [7, 11) is 0. The average molecular weight is 264 g/mol. The summed E-state index contributed by atoms with van der Waals surface area (Å²) in [6.45, 7) is -2.24. The number of rotatable bonds is 2. The zero-order valence-electron chi connectivity index (χ0n) is 13.7. The normalized spacial score (nSPS) is 13.3. The molecule has 2 heteroatoms. The molecule has 0 aliphatic rings. The largest absolute Gasteiger partial charge is 0.508 e. The number of hydrogen-bond donors (Lipinski definition) is 1. The Morgan fingerprint density at radius 2 is 1.75 bits per heavy atom. The summed E-state index contributed by atoms with van der Waals surface area (Å²) in [4.78, 5) is 4.27. The fourth-order valence-electron chi connectivity index (χ4n) is 2.14. The van der Waals surface area contributed by atoms with Crippen molar-refractivity contribution in [2.24, 2.45) is 0 Å². The van der Waals surface area contributed by atoms with Crippen molar-refractivity contribution in [1.29, 1.82) is 0 Å². The van der Waals surface area contributed by atoms with Crippen LogP contribution >= 0.6 is 0 Å². The fourth-order valence-corrected chi connectivity index (χ4v) is 2.14. The van der Waals surface area contributed by atoms with Crippen molar-refractivity contribution in [2.45, 2.75) is 6.85 Å². The van der Waals surface area contributed by atoms with Crippen LogP contribution in [0.4, 0.5) is 0 Å². The maximum atomic E-state index is 9.63. The van der Waals surface area contributed by atoms with E-state index in [9.17, 15) is 5.11 Å². The predicted molar refractivity (Wildman–Crippen MR) is 81.5 cm³/mol. The summed E-state index contributed by atoms with van der Waals surface area (Å²) in [6.07, 6.45) is 1.40. The Morgan fingerprint density at radius 3 is 2.50 bits per heavy atom. The maximum absolute atomic E-state index is 9.63. The first-order chi connectivity index (χ1) is 10.9. The van der Waals surface area contributed by atoms with E-state index in [4.69, 9.17) is 4.11 Å². The van der Waals surface area contributed by atoms with E-state index in [2.05, 4.69) is 4.98 Å². The van der Waals surface area contributed by atoms with E-state index in [1.165, 1.54) is 6.20 Å². The first kappa shape index (κ1) is 9.32. The molecule has 0 spiro atoms. The molecule has 2 nitrogen and oxygen atoms in total. The number of nitrogens with zero attached hydrogens (tertiary/aromatic N) is 1. The lowest BCUT2D eigenvalue weighted by atomic mass is 9.99. The van der Waals surface area contributed by atoms with Crippen molar-refractivity contribution in [3.8, 4) is 28.1 Å². The SMILES string of the molecule is [2H]C([2H])([2H])c1cnc(-c2cccc(O)c2)cc1-c1ccccc1. The smallest absolute Gasteiger partial charge is 0.116 e. The van der Waals surface area contributed by atoms with Gasteiger partial charge in [0.2, 0.25) is 0 Å². The van der Waals surface area contributed by atoms with Crippen LogP contribution in [0.5, 0.6) is 5.75 Å². The first-order valence-corrected chi connectivity index (χ1v) is 6.30. The number of aromatic nitrogens is 1. The van der Waals surface area contributed by atoms with Gasteiger partial charge in [0, 0.05) is 15.9 Å². The lowest BCUT2D eigenvalue weighted by Gasteiger charge is -2.09. The van der Waals surface area contributed by atoms with Gasteiger partial charge in [-0.25, -0.2) is 0 Å². The van der Waals surface area contributed by atoms with E-state index in [1.807, 2.05) is 36.4 Å². The molecule has 3 rings (SSSR count). The molecular formula is C18H15NO. The van der Waals surface area contributed by atoms with Gasteiger partial charge in [0.1, 0.15) is 5.75 Å². The third-order valence-electron chi connectivity index (χ3n) is 3.13. The number of phenols is 1. The highest BCUT2D eigenvalue weighted by Crippen LogP contribution is 2.28. The van der Waals surface area contributed by atoms with Gasteiger partial charge in [-0.15, -0.1) is 0 Å². The molecule has 0 aliphatic carbocycles. The molecule has 0 amide bonds. The Morgan fingerprint density at radius 1 is 0.950 bits per heavy atom. The second-order valence-electron chi connectivity index (χ2n) is 4.53. The predicted octanol–water partition coefficient (Wildman–Crippen LogP) is 4.43. The Balaban J connectivity index is 2.20. The lowest BCUT2D eigenvalue weighted by molar-refractivity contribution is 0.475. The minimum Gasteiger partial charge on any atom is -0.508 e.